The van der Waals surface area contributed by atoms with Crippen molar-refractivity contribution in [2.75, 3.05) is 13.2 Å². The Morgan fingerprint density at radius 1 is 1.56 bits per heavy atom. The van der Waals surface area contributed by atoms with Gasteiger partial charge in [-0.3, -0.25) is 4.79 Å². The van der Waals surface area contributed by atoms with E-state index < -0.39 is 0 Å². The van der Waals surface area contributed by atoms with Crippen LogP contribution in [-0.4, -0.2) is 36.1 Å². The molecular formula is C12H18N2O2. The zero-order valence-electron chi connectivity index (χ0n) is 9.69. The lowest BCUT2D eigenvalue weighted by molar-refractivity contribution is -0.136. The zero-order chi connectivity index (χ0) is 11.5. The van der Waals surface area contributed by atoms with Crippen LogP contribution >= 0.6 is 0 Å². The van der Waals surface area contributed by atoms with Crippen LogP contribution in [0.3, 0.4) is 0 Å². The van der Waals surface area contributed by atoms with E-state index in [1.807, 2.05) is 11.8 Å². The van der Waals surface area contributed by atoms with E-state index >= 15 is 0 Å². The van der Waals surface area contributed by atoms with E-state index in [4.69, 9.17) is 10.00 Å². The van der Waals surface area contributed by atoms with E-state index in [1.54, 1.807) is 0 Å². The Morgan fingerprint density at radius 2 is 2.31 bits per heavy atom. The molecule has 1 saturated heterocycles. The first-order valence-electron chi connectivity index (χ1n) is 6.01. The Balaban J connectivity index is 1.91. The summed E-state index contributed by atoms with van der Waals surface area (Å²) in [7, 11) is 0. The molecule has 0 radical (unpaired) electrons. The molecule has 4 nitrogen and oxygen atoms in total. The fraction of sp³-hybridized carbons (Fsp3) is 0.833. The van der Waals surface area contributed by atoms with Gasteiger partial charge in [-0.15, -0.1) is 0 Å². The van der Waals surface area contributed by atoms with Gasteiger partial charge in [0, 0.05) is 12.6 Å². The van der Waals surface area contributed by atoms with Crippen LogP contribution in [0.4, 0.5) is 0 Å². The van der Waals surface area contributed by atoms with Crippen LogP contribution in [0, 0.1) is 17.2 Å². The number of nitriles is 1. The number of ether oxygens (including phenoxy) is 1. The van der Waals surface area contributed by atoms with E-state index in [0.717, 1.165) is 19.3 Å². The fourth-order valence-corrected chi connectivity index (χ4v) is 2.25. The van der Waals surface area contributed by atoms with E-state index in [0.29, 0.717) is 25.6 Å². The van der Waals surface area contributed by atoms with Gasteiger partial charge in [0.1, 0.15) is 0 Å². The summed E-state index contributed by atoms with van der Waals surface area (Å²) in [5, 5.41) is 8.59. The maximum Gasteiger partial charge on any atom is 0.228 e. The molecule has 2 atom stereocenters. The molecule has 0 aromatic carbocycles. The van der Waals surface area contributed by atoms with Crippen molar-refractivity contribution in [2.45, 2.75) is 44.8 Å². The monoisotopic (exact) mass is 222 g/mol. The lowest BCUT2D eigenvalue weighted by Crippen LogP contribution is -2.38. The maximum atomic E-state index is 12.2. The fourth-order valence-electron chi connectivity index (χ4n) is 2.25. The summed E-state index contributed by atoms with van der Waals surface area (Å²) in [5.74, 6) is 0.219. The second kappa shape index (κ2) is 4.84. The Morgan fingerprint density at radius 3 is 2.81 bits per heavy atom. The highest BCUT2D eigenvalue weighted by atomic mass is 16.5. The number of hydrogen-bond donors (Lipinski definition) is 0. The van der Waals surface area contributed by atoms with Crippen LogP contribution in [0.1, 0.15) is 32.6 Å². The van der Waals surface area contributed by atoms with E-state index in [9.17, 15) is 4.79 Å². The smallest absolute Gasteiger partial charge is 0.228 e. The van der Waals surface area contributed by atoms with Crippen LogP contribution in [-0.2, 0) is 9.53 Å². The summed E-state index contributed by atoms with van der Waals surface area (Å²) < 4.78 is 5.43. The zero-order valence-corrected chi connectivity index (χ0v) is 9.69. The molecule has 2 fully saturated rings. The molecule has 2 unspecified atom stereocenters. The minimum absolute atomic E-state index is 0.0225. The predicted molar refractivity (Wildman–Crippen MR) is 58.5 cm³/mol. The van der Waals surface area contributed by atoms with Gasteiger partial charge in [-0.05, 0) is 26.2 Å². The molecule has 0 N–H and O–H groups in total. The highest BCUT2D eigenvalue weighted by Crippen LogP contribution is 2.30. The van der Waals surface area contributed by atoms with Gasteiger partial charge >= 0.3 is 0 Å². The van der Waals surface area contributed by atoms with Crippen LogP contribution in [0.2, 0.25) is 0 Å². The van der Waals surface area contributed by atoms with Crippen molar-refractivity contribution < 1.29 is 9.53 Å². The number of carbonyl (C=O) groups excluding carboxylic acids is 1. The number of nitrogens with zero attached hydrogens (tertiary/aromatic N) is 2. The average molecular weight is 222 g/mol. The third-order valence-electron chi connectivity index (χ3n) is 3.28. The summed E-state index contributed by atoms with van der Waals surface area (Å²) in [6.45, 7) is 3.14. The van der Waals surface area contributed by atoms with Crippen molar-refractivity contribution in [3.05, 3.63) is 0 Å². The molecule has 1 aliphatic carbocycles. The lowest BCUT2D eigenvalue weighted by Gasteiger charge is -2.24. The molecule has 1 amide bonds. The minimum Gasteiger partial charge on any atom is -0.378 e. The normalized spacial score (nSPS) is 28.8. The van der Waals surface area contributed by atoms with Gasteiger partial charge in [-0.25, -0.2) is 0 Å². The molecule has 0 aromatic rings. The first-order chi connectivity index (χ1) is 7.72. The summed E-state index contributed by atoms with van der Waals surface area (Å²) in [5.41, 5.74) is 0. The molecule has 1 saturated carbocycles. The average Bonchev–Trinajstić information content (AvgIpc) is 3.01. The van der Waals surface area contributed by atoms with Crippen LogP contribution < -0.4 is 0 Å². The summed E-state index contributed by atoms with van der Waals surface area (Å²) in [4.78, 5) is 14.1. The second-order valence-electron chi connectivity index (χ2n) is 4.75. The lowest BCUT2D eigenvalue weighted by atomic mass is 10.0. The third kappa shape index (κ3) is 2.53. The van der Waals surface area contributed by atoms with Crippen molar-refractivity contribution >= 4 is 5.91 Å². The van der Waals surface area contributed by atoms with Crippen LogP contribution in [0.5, 0.6) is 0 Å². The van der Waals surface area contributed by atoms with Gasteiger partial charge in [0.25, 0.3) is 0 Å². The van der Waals surface area contributed by atoms with Crippen molar-refractivity contribution in [3.63, 3.8) is 0 Å². The summed E-state index contributed by atoms with van der Waals surface area (Å²) in [6.07, 6.45) is 3.66. The second-order valence-corrected chi connectivity index (χ2v) is 4.75. The van der Waals surface area contributed by atoms with Crippen molar-refractivity contribution in [3.8, 4) is 6.07 Å². The number of carbonyl (C=O) groups is 1. The maximum absolute atomic E-state index is 12.2. The Hall–Kier alpha value is -1.08. The molecule has 4 heteroatoms. The largest absolute Gasteiger partial charge is 0.378 e. The number of amides is 1. The van der Waals surface area contributed by atoms with Gasteiger partial charge < -0.3 is 9.64 Å². The van der Waals surface area contributed by atoms with Crippen molar-refractivity contribution in [1.29, 1.82) is 5.26 Å². The van der Waals surface area contributed by atoms with Gasteiger partial charge in [-0.2, -0.15) is 5.26 Å². The highest BCUT2D eigenvalue weighted by Gasteiger charge is 2.38. The SMILES string of the molecule is CC1CC(C(=O)N(CCC#N)C2CC2)CO1. The quantitative estimate of drug-likeness (QED) is 0.720. The number of rotatable bonds is 4. The Kier molecular flexibility index (Phi) is 3.45. The van der Waals surface area contributed by atoms with E-state index in [-0.39, 0.29) is 17.9 Å². The standard InChI is InChI=1S/C12H18N2O2/c1-9-7-10(8-16-9)12(15)14(6-2-5-13)11-3-4-11/h9-11H,2-4,6-8H2,1H3. The summed E-state index contributed by atoms with van der Waals surface area (Å²) >= 11 is 0. The first kappa shape index (κ1) is 11.4. The molecule has 88 valence electrons. The predicted octanol–water partition coefficient (Wildman–Crippen LogP) is 1.32. The van der Waals surface area contributed by atoms with Gasteiger partial charge in [0.15, 0.2) is 0 Å². The molecule has 2 aliphatic rings. The molecular weight excluding hydrogens is 204 g/mol. The molecule has 2 rings (SSSR count). The van der Waals surface area contributed by atoms with Crippen molar-refractivity contribution in [1.82, 2.24) is 4.90 Å². The minimum atomic E-state index is 0.0225. The molecule has 1 heterocycles. The molecule has 16 heavy (non-hydrogen) atoms. The molecule has 1 aliphatic heterocycles. The third-order valence-corrected chi connectivity index (χ3v) is 3.28. The van der Waals surface area contributed by atoms with E-state index in [2.05, 4.69) is 6.07 Å². The van der Waals surface area contributed by atoms with Gasteiger partial charge in [0.05, 0.1) is 31.1 Å². The molecule has 0 bridgehead atoms. The first-order valence-corrected chi connectivity index (χ1v) is 6.01. The molecule has 0 spiro atoms. The molecule has 0 aromatic heterocycles. The van der Waals surface area contributed by atoms with Gasteiger partial charge in [-0.1, -0.05) is 0 Å². The topological polar surface area (TPSA) is 53.3 Å². The Bertz CT molecular complexity index is 307. The van der Waals surface area contributed by atoms with Crippen LogP contribution in [0.15, 0.2) is 0 Å². The van der Waals surface area contributed by atoms with Crippen LogP contribution in [0.25, 0.3) is 0 Å². The number of hydrogen-bond acceptors (Lipinski definition) is 3. The highest BCUT2D eigenvalue weighted by molar-refractivity contribution is 5.80. The van der Waals surface area contributed by atoms with E-state index in [1.165, 1.54) is 0 Å². The summed E-state index contributed by atoms with van der Waals surface area (Å²) in [6, 6.07) is 2.51. The Labute approximate surface area is 96.2 Å². The van der Waals surface area contributed by atoms with Crippen molar-refractivity contribution in [2.24, 2.45) is 5.92 Å². The van der Waals surface area contributed by atoms with Gasteiger partial charge in [0.2, 0.25) is 5.91 Å².